The van der Waals surface area contributed by atoms with Crippen molar-refractivity contribution in [3.05, 3.63) is 34.3 Å². The minimum absolute atomic E-state index is 0.188. The summed E-state index contributed by atoms with van der Waals surface area (Å²) in [6.45, 7) is 6.26. The zero-order chi connectivity index (χ0) is 12.3. The number of rotatable bonds is 2. The van der Waals surface area contributed by atoms with Crippen molar-refractivity contribution in [2.45, 2.75) is 13.5 Å². The van der Waals surface area contributed by atoms with Crippen molar-refractivity contribution in [1.82, 2.24) is 9.80 Å². The van der Waals surface area contributed by atoms with Gasteiger partial charge in [0.15, 0.2) is 0 Å². The number of amides is 1. The number of carbonyl (C=O) groups is 1. The number of nitrogens with zero attached hydrogens (tertiary/aromatic N) is 2. The molecular formula is C13H17BrN2O. The van der Waals surface area contributed by atoms with Crippen LogP contribution in [0.25, 0.3) is 0 Å². The van der Waals surface area contributed by atoms with E-state index in [9.17, 15) is 4.79 Å². The second kappa shape index (κ2) is 5.65. The number of benzene rings is 1. The largest absolute Gasteiger partial charge is 0.340 e. The van der Waals surface area contributed by atoms with Crippen molar-refractivity contribution in [3.8, 4) is 0 Å². The third-order valence-electron chi connectivity index (χ3n) is 3.14. The van der Waals surface area contributed by atoms with E-state index >= 15 is 0 Å². The van der Waals surface area contributed by atoms with Gasteiger partial charge in [0.1, 0.15) is 0 Å². The van der Waals surface area contributed by atoms with Gasteiger partial charge in [-0.2, -0.15) is 0 Å². The van der Waals surface area contributed by atoms with Gasteiger partial charge in [-0.25, -0.2) is 0 Å². The van der Waals surface area contributed by atoms with E-state index in [-0.39, 0.29) is 5.91 Å². The second-order valence-corrected chi connectivity index (χ2v) is 5.32. The summed E-state index contributed by atoms with van der Waals surface area (Å²) in [4.78, 5) is 15.5. The Morgan fingerprint density at radius 2 is 1.76 bits per heavy atom. The first-order valence-electron chi connectivity index (χ1n) is 5.87. The SMILES string of the molecule is CC(=O)N1CCN(Cc2ccc(Br)cc2)CC1. The van der Waals surface area contributed by atoms with Gasteiger partial charge < -0.3 is 4.90 Å². The maximum absolute atomic E-state index is 11.2. The van der Waals surface area contributed by atoms with Crippen LogP contribution in [0, 0.1) is 0 Å². The molecule has 0 aromatic heterocycles. The summed E-state index contributed by atoms with van der Waals surface area (Å²) in [7, 11) is 0. The third-order valence-corrected chi connectivity index (χ3v) is 3.67. The van der Waals surface area contributed by atoms with Gasteiger partial charge in [-0.3, -0.25) is 9.69 Å². The summed E-state index contributed by atoms with van der Waals surface area (Å²) >= 11 is 3.44. The average Bonchev–Trinajstić information content (AvgIpc) is 2.33. The second-order valence-electron chi connectivity index (χ2n) is 4.41. The Hall–Kier alpha value is -0.870. The highest BCUT2D eigenvalue weighted by Crippen LogP contribution is 2.13. The maximum atomic E-state index is 11.2. The van der Waals surface area contributed by atoms with E-state index < -0.39 is 0 Å². The molecule has 92 valence electrons. The van der Waals surface area contributed by atoms with Gasteiger partial charge in [-0.05, 0) is 17.7 Å². The summed E-state index contributed by atoms with van der Waals surface area (Å²) in [5.41, 5.74) is 1.32. The van der Waals surface area contributed by atoms with Crippen LogP contribution in [0.1, 0.15) is 12.5 Å². The fourth-order valence-corrected chi connectivity index (χ4v) is 2.33. The van der Waals surface area contributed by atoms with Gasteiger partial charge >= 0.3 is 0 Å². The van der Waals surface area contributed by atoms with Crippen LogP contribution in [0.5, 0.6) is 0 Å². The Morgan fingerprint density at radius 3 is 2.29 bits per heavy atom. The summed E-state index contributed by atoms with van der Waals surface area (Å²) < 4.78 is 1.11. The molecule has 0 radical (unpaired) electrons. The molecule has 1 heterocycles. The lowest BCUT2D eigenvalue weighted by atomic mass is 10.2. The van der Waals surface area contributed by atoms with E-state index in [1.165, 1.54) is 5.56 Å². The van der Waals surface area contributed by atoms with Gasteiger partial charge in [-0.1, -0.05) is 28.1 Å². The van der Waals surface area contributed by atoms with E-state index in [4.69, 9.17) is 0 Å². The Morgan fingerprint density at radius 1 is 1.18 bits per heavy atom. The summed E-state index contributed by atoms with van der Waals surface area (Å²) in [6, 6.07) is 8.42. The highest BCUT2D eigenvalue weighted by Gasteiger charge is 2.18. The van der Waals surface area contributed by atoms with Crippen molar-refractivity contribution in [3.63, 3.8) is 0 Å². The van der Waals surface area contributed by atoms with E-state index in [0.29, 0.717) is 0 Å². The number of hydrogen-bond donors (Lipinski definition) is 0. The zero-order valence-corrected chi connectivity index (χ0v) is 11.6. The van der Waals surface area contributed by atoms with Crippen LogP contribution in [0.3, 0.4) is 0 Å². The molecule has 0 atom stereocenters. The zero-order valence-electron chi connectivity index (χ0n) is 10.0. The number of hydrogen-bond acceptors (Lipinski definition) is 2. The lowest BCUT2D eigenvalue weighted by molar-refractivity contribution is -0.130. The summed E-state index contributed by atoms with van der Waals surface area (Å²) in [5, 5.41) is 0. The molecule has 0 N–H and O–H groups in total. The van der Waals surface area contributed by atoms with Gasteiger partial charge in [0.2, 0.25) is 5.91 Å². The van der Waals surface area contributed by atoms with Crippen LogP contribution in [0.4, 0.5) is 0 Å². The first-order valence-corrected chi connectivity index (χ1v) is 6.67. The Kier molecular flexibility index (Phi) is 4.18. The molecular weight excluding hydrogens is 280 g/mol. The van der Waals surface area contributed by atoms with Gasteiger partial charge in [0.25, 0.3) is 0 Å². The van der Waals surface area contributed by atoms with Crippen molar-refractivity contribution in [2.24, 2.45) is 0 Å². The van der Waals surface area contributed by atoms with Crippen LogP contribution >= 0.6 is 15.9 Å². The predicted octanol–water partition coefficient (Wildman–Crippen LogP) is 2.11. The highest BCUT2D eigenvalue weighted by molar-refractivity contribution is 9.10. The molecule has 1 amide bonds. The molecule has 1 aromatic carbocycles. The molecule has 0 unspecified atom stereocenters. The molecule has 1 saturated heterocycles. The lowest BCUT2D eigenvalue weighted by Gasteiger charge is -2.34. The van der Waals surface area contributed by atoms with Crippen LogP contribution in [-0.2, 0) is 11.3 Å². The standard InChI is InChI=1S/C13H17BrN2O/c1-11(17)16-8-6-15(7-9-16)10-12-2-4-13(14)5-3-12/h2-5H,6-10H2,1H3. The maximum Gasteiger partial charge on any atom is 0.219 e. The molecule has 1 aliphatic rings. The summed E-state index contributed by atoms with van der Waals surface area (Å²) in [6.07, 6.45) is 0. The van der Waals surface area contributed by atoms with E-state index in [1.807, 2.05) is 4.90 Å². The molecule has 17 heavy (non-hydrogen) atoms. The molecule has 1 fully saturated rings. The van der Waals surface area contributed by atoms with Gasteiger partial charge in [-0.15, -0.1) is 0 Å². The number of halogens is 1. The van der Waals surface area contributed by atoms with Crippen molar-refractivity contribution in [2.75, 3.05) is 26.2 Å². The van der Waals surface area contributed by atoms with Crippen molar-refractivity contribution >= 4 is 21.8 Å². The quantitative estimate of drug-likeness (QED) is 0.835. The monoisotopic (exact) mass is 296 g/mol. The molecule has 1 aromatic rings. The first kappa shape index (κ1) is 12.6. The summed E-state index contributed by atoms with van der Waals surface area (Å²) in [5.74, 6) is 0.188. The fourth-order valence-electron chi connectivity index (χ4n) is 2.07. The molecule has 4 heteroatoms. The fraction of sp³-hybridized carbons (Fsp3) is 0.462. The minimum atomic E-state index is 0.188. The van der Waals surface area contributed by atoms with E-state index in [2.05, 4.69) is 45.1 Å². The number of carbonyl (C=O) groups excluding carboxylic acids is 1. The molecule has 0 bridgehead atoms. The Labute approximate surface area is 111 Å². The average molecular weight is 297 g/mol. The van der Waals surface area contributed by atoms with Gasteiger partial charge in [0, 0.05) is 44.1 Å². The smallest absolute Gasteiger partial charge is 0.219 e. The first-order chi connectivity index (χ1) is 8.15. The van der Waals surface area contributed by atoms with E-state index in [0.717, 1.165) is 37.2 Å². The van der Waals surface area contributed by atoms with E-state index in [1.54, 1.807) is 6.92 Å². The van der Waals surface area contributed by atoms with Crippen LogP contribution in [0.2, 0.25) is 0 Å². The van der Waals surface area contributed by atoms with Crippen molar-refractivity contribution in [1.29, 1.82) is 0 Å². The molecule has 0 spiro atoms. The topological polar surface area (TPSA) is 23.6 Å². The molecule has 0 saturated carbocycles. The Bertz CT molecular complexity index is 383. The van der Waals surface area contributed by atoms with Crippen LogP contribution in [0.15, 0.2) is 28.7 Å². The minimum Gasteiger partial charge on any atom is -0.340 e. The van der Waals surface area contributed by atoms with Crippen molar-refractivity contribution < 1.29 is 4.79 Å². The molecule has 1 aliphatic heterocycles. The van der Waals surface area contributed by atoms with Crippen LogP contribution < -0.4 is 0 Å². The highest BCUT2D eigenvalue weighted by atomic mass is 79.9. The van der Waals surface area contributed by atoms with Crippen LogP contribution in [-0.4, -0.2) is 41.9 Å². The predicted molar refractivity (Wildman–Crippen MR) is 71.7 cm³/mol. The Balaban J connectivity index is 1.85. The molecule has 3 nitrogen and oxygen atoms in total. The molecule has 0 aliphatic carbocycles. The lowest BCUT2D eigenvalue weighted by Crippen LogP contribution is -2.47. The number of piperazine rings is 1. The third kappa shape index (κ3) is 3.54. The van der Waals surface area contributed by atoms with Gasteiger partial charge in [0.05, 0.1) is 0 Å². The normalized spacial score (nSPS) is 17.2. The molecule has 2 rings (SSSR count).